The molecule has 176 valence electrons. The van der Waals surface area contributed by atoms with E-state index in [0.29, 0.717) is 58.4 Å². The number of anilines is 2. The molecule has 7 heteroatoms. The van der Waals surface area contributed by atoms with Crippen LogP contribution in [0, 0.1) is 5.82 Å². The van der Waals surface area contributed by atoms with Crippen molar-refractivity contribution in [3.8, 4) is 22.8 Å². The first-order chi connectivity index (χ1) is 16.5. The largest absolute Gasteiger partial charge is 0.494 e. The lowest BCUT2D eigenvalue weighted by atomic mass is 10.1. The summed E-state index contributed by atoms with van der Waals surface area (Å²) in [5.41, 5.74) is 13.8. The van der Waals surface area contributed by atoms with E-state index in [9.17, 15) is 9.18 Å². The fourth-order valence-corrected chi connectivity index (χ4v) is 3.59. The molecule has 0 radical (unpaired) electrons. The Morgan fingerprint density at radius 3 is 2.29 bits per heavy atom. The third-order valence-corrected chi connectivity index (χ3v) is 5.43. The van der Waals surface area contributed by atoms with E-state index in [0.717, 1.165) is 25.7 Å². The summed E-state index contributed by atoms with van der Waals surface area (Å²) in [7, 11) is 0. The topological polar surface area (TPSA) is 101 Å². The lowest BCUT2D eigenvalue weighted by molar-refractivity contribution is 0.288. The third kappa shape index (κ3) is 5.86. The smallest absolute Gasteiger partial charge is 0.193 e. The molecule has 6 nitrogen and oxygen atoms in total. The zero-order chi connectivity index (χ0) is 23.9. The highest BCUT2D eigenvalue weighted by atomic mass is 19.1. The summed E-state index contributed by atoms with van der Waals surface area (Å²) < 4.78 is 30.5. The van der Waals surface area contributed by atoms with Crippen LogP contribution in [-0.4, -0.2) is 13.2 Å². The number of hydrogen-bond donors (Lipinski definition) is 2. The van der Waals surface area contributed by atoms with Crippen LogP contribution < -0.4 is 26.4 Å². The van der Waals surface area contributed by atoms with Crippen LogP contribution in [0.4, 0.5) is 15.8 Å². The van der Waals surface area contributed by atoms with Crippen LogP contribution in [0.25, 0.3) is 22.3 Å². The van der Waals surface area contributed by atoms with Gasteiger partial charge in [0.1, 0.15) is 28.7 Å². The second-order valence-electron chi connectivity index (χ2n) is 8.05. The quantitative estimate of drug-likeness (QED) is 0.229. The van der Waals surface area contributed by atoms with Gasteiger partial charge in [-0.2, -0.15) is 0 Å². The maximum absolute atomic E-state index is 13.2. The molecule has 0 unspecified atom stereocenters. The summed E-state index contributed by atoms with van der Waals surface area (Å²) in [5.74, 6) is 1.29. The first-order valence-corrected chi connectivity index (χ1v) is 11.2. The zero-order valence-electron chi connectivity index (χ0n) is 18.8. The van der Waals surface area contributed by atoms with Crippen molar-refractivity contribution < 1.29 is 18.3 Å². The predicted octanol–water partition coefficient (Wildman–Crippen LogP) is 5.78. The normalized spacial score (nSPS) is 11.0. The van der Waals surface area contributed by atoms with Crippen LogP contribution in [0.5, 0.6) is 11.5 Å². The maximum Gasteiger partial charge on any atom is 0.193 e. The van der Waals surface area contributed by atoms with Gasteiger partial charge >= 0.3 is 0 Å². The van der Waals surface area contributed by atoms with Crippen molar-refractivity contribution in [1.29, 1.82) is 0 Å². The molecule has 4 rings (SSSR count). The van der Waals surface area contributed by atoms with Crippen molar-refractivity contribution >= 4 is 22.3 Å². The molecule has 1 aromatic heterocycles. The van der Waals surface area contributed by atoms with Gasteiger partial charge in [0, 0.05) is 23.4 Å². The van der Waals surface area contributed by atoms with E-state index in [-0.39, 0.29) is 11.2 Å². The molecular weight excluding hydrogens is 435 g/mol. The second-order valence-corrected chi connectivity index (χ2v) is 8.05. The van der Waals surface area contributed by atoms with Gasteiger partial charge in [-0.15, -0.1) is 0 Å². The average Bonchev–Trinajstić information content (AvgIpc) is 2.83. The lowest BCUT2D eigenvalue weighted by Crippen LogP contribution is -2.03. The van der Waals surface area contributed by atoms with Gasteiger partial charge in [0.25, 0.3) is 0 Å². The van der Waals surface area contributed by atoms with Gasteiger partial charge in [0.2, 0.25) is 0 Å². The molecule has 0 atom stereocenters. The minimum absolute atomic E-state index is 0.174. The minimum atomic E-state index is -0.343. The second kappa shape index (κ2) is 10.7. The predicted molar refractivity (Wildman–Crippen MR) is 133 cm³/mol. The number of ether oxygens (including phenoxy) is 2. The molecule has 0 fully saturated rings. The SMILES string of the molecule is Nc1ccc(N)c(OCCCCCCOc2ccc3oc(-c4ccc(F)cc4)cc(=O)c3c2)c1. The number of benzene rings is 3. The van der Waals surface area contributed by atoms with Crippen LogP contribution in [-0.2, 0) is 0 Å². The molecule has 0 aliphatic rings. The molecule has 0 amide bonds. The number of fused-ring (bicyclic) bond motifs is 1. The van der Waals surface area contributed by atoms with Gasteiger partial charge < -0.3 is 25.4 Å². The van der Waals surface area contributed by atoms with Crippen molar-refractivity contribution in [1.82, 2.24) is 0 Å². The van der Waals surface area contributed by atoms with E-state index in [4.69, 9.17) is 25.4 Å². The van der Waals surface area contributed by atoms with E-state index in [2.05, 4.69) is 0 Å². The van der Waals surface area contributed by atoms with E-state index in [1.807, 2.05) is 0 Å². The van der Waals surface area contributed by atoms with Crippen molar-refractivity contribution in [2.45, 2.75) is 25.7 Å². The molecule has 0 saturated carbocycles. The van der Waals surface area contributed by atoms with Crippen LogP contribution in [0.3, 0.4) is 0 Å². The maximum atomic E-state index is 13.2. The lowest BCUT2D eigenvalue weighted by Gasteiger charge is -2.10. The summed E-state index contributed by atoms with van der Waals surface area (Å²) in [6, 6.07) is 17.7. The van der Waals surface area contributed by atoms with Crippen molar-refractivity contribution in [2.24, 2.45) is 0 Å². The number of nitrogen functional groups attached to an aromatic ring is 2. The van der Waals surface area contributed by atoms with E-state index in [1.54, 1.807) is 48.5 Å². The Kier molecular flexibility index (Phi) is 7.32. The average molecular weight is 463 g/mol. The fraction of sp³-hybridized carbons (Fsp3) is 0.222. The molecular formula is C27H27FN2O4. The Hall–Kier alpha value is -4.00. The van der Waals surface area contributed by atoms with Gasteiger partial charge in [0.05, 0.1) is 24.3 Å². The van der Waals surface area contributed by atoms with Crippen LogP contribution in [0.1, 0.15) is 25.7 Å². The minimum Gasteiger partial charge on any atom is -0.494 e. The van der Waals surface area contributed by atoms with Gasteiger partial charge in [0.15, 0.2) is 5.43 Å². The monoisotopic (exact) mass is 462 g/mol. The molecule has 34 heavy (non-hydrogen) atoms. The van der Waals surface area contributed by atoms with Crippen LogP contribution in [0.15, 0.2) is 75.9 Å². The van der Waals surface area contributed by atoms with E-state index < -0.39 is 0 Å². The summed E-state index contributed by atoms with van der Waals surface area (Å²) in [4.78, 5) is 12.6. The zero-order valence-corrected chi connectivity index (χ0v) is 18.8. The highest BCUT2D eigenvalue weighted by molar-refractivity contribution is 5.80. The molecule has 0 aliphatic carbocycles. The molecule has 0 spiro atoms. The molecule has 4 aromatic rings. The number of halogens is 1. The number of nitrogens with two attached hydrogens (primary N) is 2. The highest BCUT2D eigenvalue weighted by Crippen LogP contribution is 2.26. The summed E-state index contributed by atoms with van der Waals surface area (Å²) >= 11 is 0. The Morgan fingerprint density at radius 2 is 1.53 bits per heavy atom. The van der Waals surface area contributed by atoms with Crippen molar-refractivity contribution in [3.63, 3.8) is 0 Å². The third-order valence-electron chi connectivity index (χ3n) is 5.43. The van der Waals surface area contributed by atoms with Crippen molar-refractivity contribution in [2.75, 3.05) is 24.7 Å². The Labute approximate surface area is 196 Å². The van der Waals surface area contributed by atoms with E-state index in [1.165, 1.54) is 18.2 Å². The van der Waals surface area contributed by atoms with Gasteiger partial charge in [-0.3, -0.25) is 4.79 Å². The molecule has 3 aromatic carbocycles. The standard InChI is InChI=1S/C27H27FN2O4/c28-19-7-5-18(6-8-19)26-17-24(31)22-16-21(10-12-25(22)34-26)32-13-3-1-2-4-14-33-27-15-20(29)9-11-23(27)30/h5-12,15-17H,1-4,13-14,29-30H2. The van der Waals surface area contributed by atoms with Gasteiger partial charge in [-0.1, -0.05) is 0 Å². The number of hydrogen-bond acceptors (Lipinski definition) is 6. The Bertz CT molecular complexity index is 1320. The highest BCUT2D eigenvalue weighted by Gasteiger charge is 2.09. The first kappa shape index (κ1) is 23.2. The Morgan fingerprint density at radius 1 is 0.794 bits per heavy atom. The summed E-state index contributed by atoms with van der Waals surface area (Å²) in [6.45, 7) is 1.13. The molecule has 0 saturated heterocycles. The van der Waals surface area contributed by atoms with Crippen LogP contribution in [0.2, 0.25) is 0 Å². The van der Waals surface area contributed by atoms with Gasteiger partial charge in [-0.05, 0) is 80.3 Å². The summed E-state index contributed by atoms with van der Waals surface area (Å²) in [5, 5.41) is 0.446. The molecule has 4 N–H and O–H groups in total. The fourth-order valence-electron chi connectivity index (χ4n) is 3.59. The van der Waals surface area contributed by atoms with Crippen molar-refractivity contribution in [3.05, 3.63) is 82.8 Å². The number of rotatable bonds is 10. The van der Waals surface area contributed by atoms with E-state index >= 15 is 0 Å². The van der Waals surface area contributed by atoms with Crippen LogP contribution >= 0.6 is 0 Å². The first-order valence-electron chi connectivity index (χ1n) is 11.2. The molecule has 0 aliphatic heterocycles. The molecule has 1 heterocycles. The summed E-state index contributed by atoms with van der Waals surface area (Å²) in [6.07, 6.45) is 3.78. The van der Waals surface area contributed by atoms with Gasteiger partial charge in [-0.25, -0.2) is 4.39 Å². The molecule has 0 bridgehead atoms. The number of unbranched alkanes of at least 4 members (excludes halogenated alkanes) is 3. The Balaban J connectivity index is 1.23.